The Balaban J connectivity index is 2.92. The summed E-state index contributed by atoms with van der Waals surface area (Å²) in [6.45, 7) is 3.58. The Hall–Kier alpha value is -2.37. The molecule has 0 aliphatic rings. The quantitative estimate of drug-likeness (QED) is 0.729. The molecule has 1 aromatic rings. The Morgan fingerprint density at radius 2 is 1.79 bits per heavy atom. The molecule has 1 atom stereocenters. The highest BCUT2D eigenvalue weighted by Crippen LogP contribution is 2.14. The first-order chi connectivity index (χ1) is 8.95. The normalized spacial score (nSPS) is 11.5. The highest BCUT2D eigenvalue weighted by molar-refractivity contribution is 5.94. The van der Waals surface area contributed by atoms with Crippen molar-refractivity contribution in [2.75, 3.05) is 6.54 Å². The monoisotopic (exact) mass is 264 g/mol. The number of rotatable bonds is 5. The smallest absolute Gasteiger partial charge is 0.330 e. The van der Waals surface area contributed by atoms with Crippen molar-refractivity contribution in [3.05, 3.63) is 35.4 Å². The lowest BCUT2D eigenvalue weighted by molar-refractivity contribution is -0.141. The lowest BCUT2D eigenvalue weighted by atomic mass is 10.0. The summed E-state index contributed by atoms with van der Waals surface area (Å²) in [6.07, 6.45) is 0. The maximum atomic E-state index is 11.5. The van der Waals surface area contributed by atoms with Gasteiger partial charge in [0.2, 0.25) is 5.91 Å². The van der Waals surface area contributed by atoms with Gasteiger partial charge in [-0.2, -0.15) is 0 Å². The molecule has 1 unspecified atom stereocenters. The van der Waals surface area contributed by atoms with Crippen molar-refractivity contribution in [2.24, 2.45) is 0 Å². The van der Waals surface area contributed by atoms with E-state index in [0.29, 0.717) is 17.7 Å². The number of amides is 2. The molecule has 2 amide bonds. The number of hydrogen-bond donors (Lipinski definition) is 3. The van der Waals surface area contributed by atoms with E-state index in [4.69, 9.17) is 5.11 Å². The molecule has 0 bridgehead atoms. The van der Waals surface area contributed by atoms with Crippen molar-refractivity contribution in [1.29, 1.82) is 0 Å². The summed E-state index contributed by atoms with van der Waals surface area (Å²) in [7, 11) is 0. The highest BCUT2D eigenvalue weighted by atomic mass is 16.4. The molecule has 1 aromatic carbocycles. The van der Waals surface area contributed by atoms with Crippen LogP contribution in [0.4, 0.5) is 0 Å². The molecule has 6 nitrogen and oxygen atoms in total. The van der Waals surface area contributed by atoms with E-state index in [9.17, 15) is 14.4 Å². The minimum absolute atomic E-state index is 0.222. The first-order valence-electron chi connectivity index (χ1n) is 5.83. The summed E-state index contributed by atoms with van der Waals surface area (Å²) in [5.41, 5.74) is 0.855. The Morgan fingerprint density at radius 3 is 2.21 bits per heavy atom. The van der Waals surface area contributed by atoms with E-state index < -0.39 is 17.9 Å². The van der Waals surface area contributed by atoms with Crippen LogP contribution in [0.2, 0.25) is 0 Å². The molecule has 0 radical (unpaired) electrons. The fourth-order valence-electron chi connectivity index (χ4n) is 1.58. The number of carboxylic acid groups (broad SMARTS) is 1. The lowest BCUT2D eigenvalue weighted by Crippen LogP contribution is -2.32. The third-order valence-electron chi connectivity index (χ3n) is 2.44. The zero-order valence-corrected chi connectivity index (χ0v) is 10.8. The average molecular weight is 264 g/mol. The minimum Gasteiger partial charge on any atom is -0.479 e. The summed E-state index contributed by atoms with van der Waals surface area (Å²) < 4.78 is 0. The van der Waals surface area contributed by atoms with Gasteiger partial charge < -0.3 is 15.7 Å². The Labute approximate surface area is 110 Å². The summed E-state index contributed by atoms with van der Waals surface area (Å²) in [6, 6.07) is 4.97. The Kier molecular flexibility index (Phi) is 5.05. The predicted molar refractivity (Wildman–Crippen MR) is 68.6 cm³/mol. The second-order valence-corrected chi connectivity index (χ2v) is 3.95. The van der Waals surface area contributed by atoms with E-state index in [0.717, 1.165) is 0 Å². The van der Waals surface area contributed by atoms with E-state index in [2.05, 4.69) is 10.6 Å². The fourth-order valence-corrected chi connectivity index (χ4v) is 1.58. The largest absolute Gasteiger partial charge is 0.479 e. The zero-order chi connectivity index (χ0) is 14.4. The SMILES string of the molecule is CCNC(=O)c1ccc(C(NC(C)=O)C(=O)O)cc1. The lowest BCUT2D eigenvalue weighted by Gasteiger charge is -2.13. The molecule has 0 heterocycles. The van der Waals surface area contributed by atoms with Crippen molar-refractivity contribution in [3.63, 3.8) is 0 Å². The van der Waals surface area contributed by atoms with Gasteiger partial charge in [0.15, 0.2) is 6.04 Å². The summed E-state index contributed by atoms with van der Waals surface area (Å²) in [4.78, 5) is 33.6. The van der Waals surface area contributed by atoms with Gasteiger partial charge in [-0.1, -0.05) is 12.1 Å². The highest BCUT2D eigenvalue weighted by Gasteiger charge is 2.20. The molecular weight excluding hydrogens is 248 g/mol. The maximum absolute atomic E-state index is 11.5. The zero-order valence-electron chi connectivity index (χ0n) is 10.8. The van der Waals surface area contributed by atoms with E-state index in [-0.39, 0.29) is 5.91 Å². The molecule has 6 heteroatoms. The van der Waals surface area contributed by atoms with Crippen LogP contribution in [0.5, 0.6) is 0 Å². The first kappa shape index (κ1) is 14.7. The number of nitrogens with one attached hydrogen (secondary N) is 2. The van der Waals surface area contributed by atoms with E-state index >= 15 is 0 Å². The Bertz CT molecular complexity index is 482. The van der Waals surface area contributed by atoms with Crippen molar-refractivity contribution in [3.8, 4) is 0 Å². The number of benzene rings is 1. The molecule has 0 spiro atoms. The number of carbonyl (C=O) groups excluding carboxylic acids is 2. The van der Waals surface area contributed by atoms with Crippen molar-refractivity contribution >= 4 is 17.8 Å². The van der Waals surface area contributed by atoms with Crippen LogP contribution in [0.15, 0.2) is 24.3 Å². The van der Waals surface area contributed by atoms with Gasteiger partial charge in [0.25, 0.3) is 5.91 Å². The van der Waals surface area contributed by atoms with Crippen molar-refractivity contribution < 1.29 is 19.5 Å². The van der Waals surface area contributed by atoms with E-state index in [1.807, 2.05) is 6.92 Å². The van der Waals surface area contributed by atoms with Gasteiger partial charge in [-0.25, -0.2) is 4.79 Å². The number of hydrogen-bond acceptors (Lipinski definition) is 3. The number of aliphatic carboxylic acids is 1. The topological polar surface area (TPSA) is 95.5 Å². The van der Waals surface area contributed by atoms with Crippen LogP contribution in [-0.4, -0.2) is 29.4 Å². The maximum Gasteiger partial charge on any atom is 0.330 e. The first-order valence-corrected chi connectivity index (χ1v) is 5.83. The molecule has 0 saturated heterocycles. The van der Waals surface area contributed by atoms with Gasteiger partial charge in [-0.05, 0) is 24.6 Å². The van der Waals surface area contributed by atoms with Crippen LogP contribution in [0.1, 0.15) is 35.8 Å². The molecule has 0 aromatic heterocycles. The van der Waals surface area contributed by atoms with Crippen LogP contribution in [-0.2, 0) is 9.59 Å². The number of carboxylic acids is 1. The summed E-state index contributed by atoms with van der Waals surface area (Å²) in [5, 5.41) is 14.0. The van der Waals surface area contributed by atoms with Crippen LogP contribution >= 0.6 is 0 Å². The Morgan fingerprint density at radius 1 is 1.21 bits per heavy atom. The molecule has 0 fully saturated rings. The van der Waals surface area contributed by atoms with Gasteiger partial charge >= 0.3 is 5.97 Å². The second kappa shape index (κ2) is 6.53. The van der Waals surface area contributed by atoms with Gasteiger partial charge in [-0.3, -0.25) is 9.59 Å². The second-order valence-electron chi connectivity index (χ2n) is 3.95. The molecule has 0 aliphatic heterocycles. The van der Waals surface area contributed by atoms with E-state index in [1.165, 1.54) is 31.2 Å². The molecule has 1 rings (SSSR count). The molecule has 102 valence electrons. The standard InChI is InChI=1S/C13H16N2O4/c1-3-14-12(17)10-6-4-9(5-7-10)11(13(18)19)15-8(2)16/h4-7,11H,3H2,1-2H3,(H,14,17)(H,15,16)(H,18,19). The van der Waals surface area contributed by atoms with E-state index in [1.54, 1.807) is 0 Å². The number of carbonyl (C=O) groups is 3. The average Bonchev–Trinajstić information content (AvgIpc) is 2.36. The molecule has 19 heavy (non-hydrogen) atoms. The van der Waals surface area contributed by atoms with Gasteiger partial charge in [0.05, 0.1) is 0 Å². The fraction of sp³-hybridized carbons (Fsp3) is 0.308. The predicted octanol–water partition coefficient (Wildman–Crippen LogP) is 0.698. The van der Waals surface area contributed by atoms with Gasteiger partial charge in [0.1, 0.15) is 0 Å². The van der Waals surface area contributed by atoms with Gasteiger partial charge in [0, 0.05) is 19.0 Å². The van der Waals surface area contributed by atoms with Crippen LogP contribution in [0.3, 0.4) is 0 Å². The summed E-state index contributed by atoms with van der Waals surface area (Å²) in [5.74, 6) is -1.80. The molecular formula is C13H16N2O4. The van der Waals surface area contributed by atoms with Gasteiger partial charge in [-0.15, -0.1) is 0 Å². The molecule has 3 N–H and O–H groups in total. The third-order valence-corrected chi connectivity index (χ3v) is 2.44. The molecule has 0 aliphatic carbocycles. The van der Waals surface area contributed by atoms with Crippen molar-refractivity contribution in [1.82, 2.24) is 10.6 Å². The minimum atomic E-state index is -1.15. The van der Waals surface area contributed by atoms with Crippen LogP contribution in [0.25, 0.3) is 0 Å². The summed E-state index contributed by atoms with van der Waals surface area (Å²) >= 11 is 0. The van der Waals surface area contributed by atoms with Crippen LogP contribution < -0.4 is 10.6 Å². The van der Waals surface area contributed by atoms with Crippen molar-refractivity contribution in [2.45, 2.75) is 19.9 Å². The molecule has 0 saturated carbocycles. The van der Waals surface area contributed by atoms with Crippen LogP contribution in [0, 0.1) is 0 Å². The third kappa shape index (κ3) is 4.09.